The minimum Gasteiger partial charge on any atom is -0.314 e. The molecule has 2 heteroatoms. The smallest absolute Gasteiger partial charge is 0.00961 e. The van der Waals surface area contributed by atoms with E-state index >= 15 is 0 Å². The zero-order chi connectivity index (χ0) is 10.5. The minimum absolute atomic E-state index is 0.831. The molecule has 0 bridgehead atoms. The van der Waals surface area contributed by atoms with E-state index in [9.17, 15) is 0 Å². The summed E-state index contributed by atoms with van der Waals surface area (Å²) in [6.45, 7) is 7.67. The highest BCUT2D eigenvalue weighted by Gasteiger charge is 2.23. The second-order valence-electron chi connectivity index (χ2n) is 5.21. The normalized spacial score (nSPS) is 29.8. The lowest BCUT2D eigenvalue weighted by atomic mass is 9.92. The molecule has 88 valence electrons. The van der Waals surface area contributed by atoms with Crippen LogP contribution in [0.2, 0.25) is 0 Å². The first-order valence-corrected chi connectivity index (χ1v) is 6.86. The van der Waals surface area contributed by atoms with Gasteiger partial charge in [-0.25, -0.2) is 0 Å². The van der Waals surface area contributed by atoms with Crippen molar-refractivity contribution in [3.05, 3.63) is 0 Å². The molecule has 0 aromatic rings. The lowest BCUT2D eigenvalue weighted by Crippen LogP contribution is -2.33. The van der Waals surface area contributed by atoms with E-state index in [1.807, 2.05) is 0 Å². The maximum absolute atomic E-state index is 3.66. The molecule has 0 aromatic heterocycles. The van der Waals surface area contributed by atoms with Gasteiger partial charge in [0, 0.05) is 6.04 Å². The van der Waals surface area contributed by atoms with Gasteiger partial charge in [-0.05, 0) is 64.2 Å². The minimum atomic E-state index is 0.831. The van der Waals surface area contributed by atoms with Gasteiger partial charge in [0.1, 0.15) is 0 Å². The molecule has 1 N–H and O–H groups in total. The van der Waals surface area contributed by atoms with Crippen molar-refractivity contribution in [1.82, 2.24) is 10.2 Å². The fourth-order valence-corrected chi connectivity index (χ4v) is 3.16. The molecule has 2 saturated heterocycles. The average molecular weight is 210 g/mol. The van der Waals surface area contributed by atoms with Crippen LogP contribution in [0.4, 0.5) is 0 Å². The molecular weight excluding hydrogens is 184 g/mol. The van der Waals surface area contributed by atoms with Crippen LogP contribution in [0, 0.1) is 5.92 Å². The summed E-state index contributed by atoms with van der Waals surface area (Å²) >= 11 is 0. The number of rotatable bonds is 5. The van der Waals surface area contributed by atoms with Gasteiger partial charge in [-0.2, -0.15) is 0 Å². The maximum atomic E-state index is 3.66. The molecule has 0 spiro atoms. The molecule has 2 aliphatic heterocycles. The highest BCUT2D eigenvalue weighted by atomic mass is 15.1. The topological polar surface area (TPSA) is 15.3 Å². The van der Waals surface area contributed by atoms with Gasteiger partial charge >= 0.3 is 0 Å². The molecule has 0 aromatic carbocycles. The third kappa shape index (κ3) is 3.18. The van der Waals surface area contributed by atoms with Crippen LogP contribution in [0.3, 0.4) is 0 Å². The predicted octanol–water partition coefficient (Wildman–Crippen LogP) is 2.25. The Hall–Kier alpha value is -0.0800. The first-order chi connectivity index (χ1) is 7.40. The van der Waals surface area contributed by atoms with Crippen LogP contribution in [0.1, 0.15) is 45.4 Å². The Bertz CT molecular complexity index is 169. The van der Waals surface area contributed by atoms with Gasteiger partial charge < -0.3 is 10.2 Å². The van der Waals surface area contributed by atoms with Crippen molar-refractivity contribution in [2.75, 3.05) is 26.2 Å². The molecule has 2 fully saturated rings. The third-order valence-electron chi connectivity index (χ3n) is 4.21. The summed E-state index contributed by atoms with van der Waals surface area (Å²) in [4.78, 5) is 2.65. The molecule has 2 unspecified atom stereocenters. The van der Waals surface area contributed by atoms with Gasteiger partial charge in [-0.3, -0.25) is 0 Å². The van der Waals surface area contributed by atoms with Crippen LogP contribution in [0.5, 0.6) is 0 Å². The Morgan fingerprint density at radius 3 is 2.67 bits per heavy atom. The van der Waals surface area contributed by atoms with Crippen LogP contribution in [-0.2, 0) is 0 Å². The predicted molar refractivity (Wildman–Crippen MR) is 65.1 cm³/mol. The Balaban J connectivity index is 1.69. The van der Waals surface area contributed by atoms with Crippen LogP contribution in [-0.4, -0.2) is 37.1 Å². The Morgan fingerprint density at radius 1 is 1.27 bits per heavy atom. The summed E-state index contributed by atoms with van der Waals surface area (Å²) < 4.78 is 0. The number of hydrogen-bond acceptors (Lipinski definition) is 2. The van der Waals surface area contributed by atoms with E-state index in [1.54, 1.807) is 0 Å². The number of nitrogens with one attached hydrogen (secondary N) is 1. The van der Waals surface area contributed by atoms with Crippen molar-refractivity contribution in [3.8, 4) is 0 Å². The van der Waals surface area contributed by atoms with E-state index in [-0.39, 0.29) is 0 Å². The van der Waals surface area contributed by atoms with Crippen LogP contribution < -0.4 is 5.32 Å². The Morgan fingerprint density at radius 2 is 2.07 bits per heavy atom. The van der Waals surface area contributed by atoms with Gasteiger partial charge in [0.25, 0.3) is 0 Å². The molecule has 0 saturated carbocycles. The maximum Gasteiger partial charge on any atom is 0.00961 e. The van der Waals surface area contributed by atoms with E-state index in [4.69, 9.17) is 0 Å². The van der Waals surface area contributed by atoms with Crippen molar-refractivity contribution in [2.24, 2.45) is 5.92 Å². The first-order valence-electron chi connectivity index (χ1n) is 6.86. The fourth-order valence-electron chi connectivity index (χ4n) is 3.16. The van der Waals surface area contributed by atoms with Crippen molar-refractivity contribution < 1.29 is 0 Å². The monoisotopic (exact) mass is 210 g/mol. The first kappa shape index (κ1) is 11.4. The van der Waals surface area contributed by atoms with Gasteiger partial charge in [0.05, 0.1) is 0 Å². The highest BCUT2D eigenvalue weighted by molar-refractivity contribution is 4.82. The van der Waals surface area contributed by atoms with E-state index in [2.05, 4.69) is 17.1 Å². The van der Waals surface area contributed by atoms with Crippen molar-refractivity contribution >= 4 is 0 Å². The van der Waals surface area contributed by atoms with E-state index < -0.39 is 0 Å². The summed E-state index contributed by atoms with van der Waals surface area (Å²) in [5.74, 6) is 0.924. The fraction of sp³-hybridized carbons (Fsp3) is 1.00. The number of likely N-dealkylation sites (tertiary alicyclic amines) is 1. The van der Waals surface area contributed by atoms with Crippen molar-refractivity contribution in [2.45, 2.75) is 51.5 Å². The van der Waals surface area contributed by atoms with E-state index in [0.717, 1.165) is 12.0 Å². The largest absolute Gasteiger partial charge is 0.314 e. The zero-order valence-corrected chi connectivity index (χ0v) is 10.2. The molecular formula is C13H26N2. The summed E-state index contributed by atoms with van der Waals surface area (Å²) in [6, 6.07) is 0.831. The third-order valence-corrected chi connectivity index (χ3v) is 4.21. The second-order valence-corrected chi connectivity index (χ2v) is 5.21. The molecule has 2 heterocycles. The van der Waals surface area contributed by atoms with Crippen LogP contribution in [0.25, 0.3) is 0 Å². The molecule has 2 aliphatic rings. The van der Waals surface area contributed by atoms with Gasteiger partial charge in [-0.15, -0.1) is 0 Å². The Kier molecular flexibility index (Phi) is 4.45. The number of hydrogen-bond donors (Lipinski definition) is 1. The van der Waals surface area contributed by atoms with Crippen LogP contribution >= 0.6 is 0 Å². The van der Waals surface area contributed by atoms with Crippen molar-refractivity contribution in [1.29, 1.82) is 0 Å². The molecule has 2 atom stereocenters. The number of nitrogens with zero attached hydrogens (tertiary/aromatic N) is 1. The van der Waals surface area contributed by atoms with Gasteiger partial charge in [0.15, 0.2) is 0 Å². The molecule has 2 nitrogen and oxygen atoms in total. The molecule has 0 radical (unpaired) electrons. The Labute approximate surface area is 94.4 Å². The standard InChI is InChI=1S/C13H26N2/c1-2-12(13-6-5-8-14-13)7-11-15-9-3-4-10-15/h12-14H,2-11H2,1H3. The van der Waals surface area contributed by atoms with Gasteiger partial charge in [0.2, 0.25) is 0 Å². The van der Waals surface area contributed by atoms with Crippen LogP contribution in [0.15, 0.2) is 0 Å². The lowest BCUT2D eigenvalue weighted by molar-refractivity contribution is 0.270. The molecule has 0 aliphatic carbocycles. The summed E-state index contributed by atoms with van der Waals surface area (Å²) in [5.41, 5.74) is 0. The SMILES string of the molecule is CCC(CCN1CCCC1)C1CCCN1. The van der Waals surface area contributed by atoms with Crippen molar-refractivity contribution in [3.63, 3.8) is 0 Å². The molecule has 0 amide bonds. The van der Waals surface area contributed by atoms with E-state index in [0.29, 0.717) is 0 Å². The summed E-state index contributed by atoms with van der Waals surface area (Å²) in [5, 5.41) is 3.66. The lowest BCUT2D eigenvalue weighted by Gasteiger charge is -2.25. The average Bonchev–Trinajstić information content (AvgIpc) is 2.90. The molecule has 15 heavy (non-hydrogen) atoms. The quantitative estimate of drug-likeness (QED) is 0.749. The highest BCUT2D eigenvalue weighted by Crippen LogP contribution is 2.22. The van der Waals surface area contributed by atoms with E-state index in [1.165, 1.54) is 64.7 Å². The molecule has 2 rings (SSSR count). The summed E-state index contributed by atoms with van der Waals surface area (Å²) in [7, 11) is 0. The summed E-state index contributed by atoms with van der Waals surface area (Å²) in [6.07, 6.45) is 8.43. The second kappa shape index (κ2) is 5.86. The zero-order valence-electron chi connectivity index (χ0n) is 10.2. The van der Waals surface area contributed by atoms with Gasteiger partial charge in [-0.1, -0.05) is 13.3 Å².